The van der Waals surface area contributed by atoms with Crippen LogP contribution in [0.15, 0.2) is 30.3 Å². The molecule has 0 radical (unpaired) electrons. The van der Waals surface area contributed by atoms with Crippen molar-refractivity contribution in [1.29, 1.82) is 5.26 Å². The first-order valence-corrected chi connectivity index (χ1v) is 7.39. The molecule has 1 amide bonds. The van der Waals surface area contributed by atoms with Crippen LogP contribution in [-0.4, -0.2) is 22.4 Å². The maximum absolute atomic E-state index is 12.3. The van der Waals surface area contributed by atoms with Crippen LogP contribution in [0.4, 0.5) is 11.5 Å². The molecule has 1 heterocycles. The Morgan fingerprint density at radius 1 is 1.30 bits per heavy atom. The second-order valence-corrected chi connectivity index (χ2v) is 5.61. The van der Waals surface area contributed by atoms with E-state index in [0.717, 1.165) is 6.54 Å². The van der Waals surface area contributed by atoms with Gasteiger partial charge in [0, 0.05) is 18.3 Å². The van der Waals surface area contributed by atoms with Gasteiger partial charge in [-0.2, -0.15) is 5.26 Å². The van der Waals surface area contributed by atoms with Gasteiger partial charge in [-0.15, -0.1) is 0 Å². The quantitative estimate of drug-likeness (QED) is 0.886. The minimum Gasteiger partial charge on any atom is -0.370 e. The Labute approximate surface area is 135 Å². The lowest BCUT2D eigenvalue weighted by Gasteiger charge is -2.10. The molecule has 0 saturated carbocycles. The molecule has 6 heteroatoms. The normalized spacial score (nSPS) is 10.2. The first kappa shape index (κ1) is 16.4. The van der Waals surface area contributed by atoms with E-state index < -0.39 is 0 Å². The van der Waals surface area contributed by atoms with Crippen molar-refractivity contribution in [2.24, 2.45) is 5.92 Å². The van der Waals surface area contributed by atoms with Crippen LogP contribution in [0.3, 0.4) is 0 Å². The lowest BCUT2D eigenvalue weighted by atomic mass is 10.2. The fraction of sp³-hybridized carbons (Fsp3) is 0.294. The molecule has 2 rings (SSSR count). The zero-order valence-electron chi connectivity index (χ0n) is 13.4. The van der Waals surface area contributed by atoms with Crippen molar-refractivity contribution in [3.63, 3.8) is 0 Å². The molecule has 0 unspecified atom stereocenters. The van der Waals surface area contributed by atoms with Crippen LogP contribution in [0.5, 0.6) is 0 Å². The van der Waals surface area contributed by atoms with Crippen LogP contribution in [0.1, 0.15) is 35.7 Å². The van der Waals surface area contributed by atoms with Gasteiger partial charge in [-0.05, 0) is 31.0 Å². The number of aromatic nitrogens is 2. The number of amides is 1. The molecule has 0 aliphatic heterocycles. The average Bonchev–Trinajstić information content (AvgIpc) is 2.52. The molecule has 0 atom stereocenters. The molecule has 2 N–H and O–H groups in total. The minimum atomic E-state index is -0.335. The first-order chi connectivity index (χ1) is 11.0. The van der Waals surface area contributed by atoms with Crippen LogP contribution in [-0.2, 0) is 0 Å². The second-order valence-electron chi connectivity index (χ2n) is 5.61. The molecule has 0 aliphatic rings. The molecule has 0 saturated heterocycles. The summed E-state index contributed by atoms with van der Waals surface area (Å²) in [5.41, 5.74) is 1.33. The van der Waals surface area contributed by atoms with Crippen LogP contribution in [0.2, 0.25) is 0 Å². The number of rotatable bonds is 5. The maximum Gasteiger partial charge on any atom is 0.274 e. The third-order valence-corrected chi connectivity index (χ3v) is 3.01. The third-order valence-electron chi connectivity index (χ3n) is 3.01. The second kappa shape index (κ2) is 7.36. The molecular formula is C17H19N5O. The predicted molar refractivity (Wildman–Crippen MR) is 89.2 cm³/mol. The zero-order chi connectivity index (χ0) is 16.8. The van der Waals surface area contributed by atoms with E-state index in [-0.39, 0.29) is 11.6 Å². The fourth-order valence-corrected chi connectivity index (χ4v) is 1.94. The van der Waals surface area contributed by atoms with E-state index in [1.807, 2.05) is 6.07 Å². The minimum absolute atomic E-state index is 0.283. The van der Waals surface area contributed by atoms with Crippen molar-refractivity contribution in [1.82, 2.24) is 9.97 Å². The molecule has 0 aliphatic carbocycles. The molecule has 118 valence electrons. The number of nitrogens with zero attached hydrogens (tertiary/aromatic N) is 3. The molecule has 6 nitrogen and oxygen atoms in total. The van der Waals surface area contributed by atoms with Gasteiger partial charge in [0.25, 0.3) is 5.91 Å². The van der Waals surface area contributed by atoms with E-state index in [0.29, 0.717) is 28.8 Å². The lowest BCUT2D eigenvalue weighted by Crippen LogP contribution is -2.17. The maximum atomic E-state index is 12.3. The highest BCUT2D eigenvalue weighted by atomic mass is 16.1. The van der Waals surface area contributed by atoms with Crippen molar-refractivity contribution >= 4 is 17.4 Å². The van der Waals surface area contributed by atoms with E-state index in [1.54, 1.807) is 37.3 Å². The van der Waals surface area contributed by atoms with Gasteiger partial charge in [-0.25, -0.2) is 9.97 Å². The monoisotopic (exact) mass is 309 g/mol. The number of carbonyl (C=O) groups is 1. The smallest absolute Gasteiger partial charge is 0.274 e. The van der Waals surface area contributed by atoms with Crippen molar-refractivity contribution in [2.75, 3.05) is 17.2 Å². The summed E-state index contributed by atoms with van der Waals surface area (Å²) in [4.78, 5) is 20.8. The summed E-state index contributed by atoms with van der Waals surface area (Å²) in [6, 6.07) is 10.4. The van der Waals surface area contributed by atoms with Gasteiger partial charge in [-0.3, -0.25) is 4.79 Å². The standard InChI is InChI=1S/C17H19N5O/c1-11(2)10-19-16-8-15(20-12(3)21-16)17(23)22-14-6-4-5-13(7-14)9-18/h4-8,11H,10H2,1-3H3,(H,22,23)(H,19,20,21). The number of nitrogens with one attached hydrogen (secondary N) is 2. The Morgan fingerprint density at radius 2 is 2.09 bits per heavy atom. The van der Waals surface area contributed by atoms with Crippen molar-refractivity contribution in [3.05, 3.63) is 47.4 Å². The van der Waals surface area contributed by atoms with Crippen LogP contribution >= 0.6 is 0 Å². The highest BCUT2D eigenvalue weighted by molar-refractivity contribution is 6.03. The van der Waals surface area contributed by atoms with Gasteiger partial charge >= 0.3 is 0 Å². The van der Waals surface area contributed by atoms with Crippen LogP contribution < -0.4 is 10.6 Å². The van der Waals surface area contributed by atoms with Gasteiger partial charge in [0.05, 0.1) is 11.6 Å². The number of anilines is 2. The molecule has 0 bridgehead atoms. The Morgan fingerprint density at radius 3 is 2.78 bits per heavy atom. The Kier molecular flexibility index (Phi) is 5.26. The number of nitriles is 1. The summed E-state index contributed by atoms with van der Waals surface area (Å²) in [7, 11) is 0. The highest BCUT2D eigenvalue weighted by Crippen LogP contribution is 2.13. The van der Waals surface area contributed by atoms with E-state index in [1.165, 1.54) is 0 Å². The zero-order valence-corrected chi connectivity index (χ0v) is 13.4. The fourth-order valence-electron chi connectivity index (χ4n) is 1.94. The van der Waals surface area contributed by atoms with E-state index in [2.05, 4.69) is 34.4 Å². The third kappa shape index (κ3) is 4.78. The number of carbonyl (C=O) groups excluding carboxylic acids is 1. The number of hydrogen-bond acceptors (Lipinski definition) is 5. The Hall–Kier alpha value is -2.94. The van der Waals surface area contributed by atoms with Crippen molar-refractivity contribution < 1.29 is 4.79 Å². The van der Waals surface area contributed by atoms with Crippen molar-refractivity contribution in [2.45, 2.75) is 20.8 Å². The molecule has 0 spiro atoms. The number of aryl methyl sites for hydroxylation is 1. The molecule has 0 fully saturated rings. The average molecular weight is 309 g/mol. The molecule has 2 aromatic rings. The molecule has 1 aromatic heterocycles. The largest absolute Gasteiger partial charge is 0.370 e. The van der Waals surface area contributed by atoms with Crippen molar-refractivity contribution in [3.8, 4) is 6.07 Å². The number of hydrogen-bond donors (Lipinski definition) is 2. The van der Waals surface area contributed by atoms with Gasteiger partial charge in [0.1, 0.15) is 17.3 Å². The SMILES string of the molecule is Cc1nc(NCC(C)C)cc(C(=O)Nc2cccc(C#N)c2)n1. The summed E-state index contributed by atoms with van der Waals surface area (Å²) in [6.45, 7) is 6.70. The predicted octanol–water partition coefficient (Wildman–Crippen LogP) is 2.98. The summed E-state index contributed by atoms with van der Waals surface area (Å²) < 4.78 is 0. The topological polar surface area (TPSA) is 90.7 Å². The van der Waals surface area contributed by atoms with E-state index in [9.17, 15) is 4.79 Å². The summed E-state index contributed by atoms with van der Waals surface area (Å²) in [6.07, 6.45) is 0. The van der Waals surface area contributed by atoms with Gasteiger partial charge in [0.2, 0.25) is 0 Å². The van der Waals surface area contributed by atoms with Gasteiger partial charge in [0.15, 0.2) is 0 Å². The van der Waals surface area contributed by atoms with E-state index >= 15 is 0 Å². The van der Waals surface area contributed by atoms with Crippen LogP contribution in [0.25, 0.3) is 0 Å². The Balaban J connectivity index is 2.16. The molecular weight excluding hydrogens is 290 g/mol. The van der Waals surface area contributed by atoms with Gasteiger partial charge in [-0.1, -0.05) is 19.9 Å². The van der Waals surface area contributed by atoms with E-state index in [4.69, 9.17) is 5.26 Å². The highest BCUT2D eigenvalue weighted by Gasteiger charge is 2.11. The van der Waals surface area contributed by atoms with Gasteiger partial charge < -0.3 is 10.6 Å². The summed E-state index contributed by atoms with van der Waals surface area (Å²) >= 11 is 0. The molecule has 1 aromatic carbocycles. The lowest BCUT2D eigenvalue weighted by molar-refractivity contribution is 0.102. The Bertz CT molecular complexity index is 749. The summed E-state index contributed by atoms with van der Waals surface area (Å²) in [5, 5.41) is 14.8. The molecule has 23 heavy (non-hydrogen) atoms. The summed E-state index contributed by atoms with van der Waals surface area (Å²) in [5.74, 6) is 1.28. The number of benzene rings is 1. The van der Waals surface area contributed by atoms with Crippen LogP contribution in [0, 0.1) is 24.2 Å². The first-order valence-electron chi connectivity index (χ1n) is 7.39.